The first-order valence-electron chi connectivity index (χ1n) is 5.69. The van der Waals surface area contributed by atoms with Crippen molar-refractivity contribution in [2.24, 2.45) is 5.14 Å². The molecule has 0 saturated carbocycles. The van der Waals surface area contributed by atoms with Gasteiger partial charge in [-0.15, -0.1) is 11.3 Å². The van der Waals surface area contributed by atoms with Gasteiger partial charge in [0.25, 0.3) is 5.91 Å². The number of carbonyl (C=O) groups excluding carboxylic acids is 1. The Morgan fingerprint density at radius 1 is 1.32 bits per heavy atom. The summed E-state index contributed by atoms with van der Waals surface area (Å²) in [5.74, 6) is -0.267. The fourth-order valence-corrected chi connectivity index (χ4v) is 3.64. The second-order valence-corrected chi connectivity index (χ2v) is 7.95. The summed E-state index contributed by atoms with van der Waals surface area (Å²) in [5.41, 5.74) is 0.331. The number of rotatable bonds is 4. The van der Waals surface area contributed by atoms with E-state index in [1.54, 1.807) is 0 Å². The number of primary sulfonamides is 1. The molecule has 22 heavy (non-hydrogen) atoms. The van der Waals surface area contributed by atoms with Crippen LogP contribution in [0.3, 0.4) is 0 Å². The van der Waals surface area contributed by atoms with E-state index in [0.29, 0.717) is 4.34 Å². The van der Waals surface area contributed by atoms with Crippen LogP contribution in [-0.4, -0.2) is 21.4 Å². The molecule has 0 aliphatic carbocycles. The van der Waals surface area contributed by atoms with Gasteiger partial charge in [0.15, 0.2) is 0 Å². The Hall–Kier alpha value is -1.32. The third kappa shape index (κ3) is 3.71. The fraction of sp³-hybridized carbons (Fsp3) is 0.0833. The Kier molecular flexibility index (Phi) is 4.98. The average molecular weight is 381 g/mol. The molecule has 2 rings (SSSR count). The Morgan fingerprint density at radius 3 is 2.50 bits per heavy atom. The van der Waals surface area contributed by atoms with Gasteiger partial charge >= 0.3 is 0 Å². The maximum atomic E-state index is 12.2. The maximum Gasteiger partial charge on any atom is 0.258 e. The van der Waals surface area contributed by atoms with Crippen molar-refractivity contribution >= 4 is 56.2 Å². The summed E-state index contributed by atoms with van der Waals surface area (Å²) < 4.78 is 28.4. The van der Waals surface area contributed by atoms with Crippen LogP contribution in [0.1, 0.15) is 10.4 Å². The van der Waals surface area contributed by atoms with Crippen LogP contribution >= 0.6 is 34.5 Å². The first-order chi connectivity index (χ1) is 10.2. The lowest BCUT2D eigenvalue weighted by atomic mass is 10.2. The van der Waals surface area contributed by atoms with Crippen LogP contribution < -0.4 is 15.2 Å². The lowest BCUT2D eigenvalue weighted by molar-refractivity contribution is 0.102. The van der Waals surface area contributed by atoms with E-state index in [9.17, 15) is 13.2 Å². The lowest BCUT2D eigenvalue weighted by Gasteiger charge is -2.11. The van der Waals surface area contributed by atoms with Gasteiger partial charge in [-0.1, -0.05) is 23.2 Å². The number of amides is 1. The molecular weight excluding hydrogens is 371 g/mol. The van der Waals surface area contributed by atoms with Crippen LogP contribution in [0.2, 0.25) is 8.67 Å². The van der Waals surface area contributed by atoms with Gasteiger partial charge in [-0.05, 0) is 24.3 Å². The minimum Gasteiger partial charge on any atom is -0.495 e. The zero-order valence-corrected chi connectivity index (χ0v) is 14.2. The topological polar surface area (TPSA) is 98.5 Å². The van der Waals surface area contributed by atoms with E-state index in [2.05, 4.69) is 5.32 Å². The molecule has 0 radical (unpaired) electrons. The van der Waals surface area contributed by atoms with E-state index in [-0.39, 0.29) is 26.2 Å². The third-order valence-corrected chi connectivity index (χ3v) is 5.05. The fourth-order valence-electron chi connectivity index (χ4n) is 1.65. The first-order valence-corrected chi connectivity index (χ1v) is 8.81. The van der Waals surface area contributed by atoms with Gasteiger partial charge in [-0.25, -0.2) is 13.6 Å². The van der Waals surface area contributed by atoms with Gasteiger partial charge in [0.2, 0.25) is 10.0 Å². The number of nitrogens with one attached hydrogen (secondary N) is 1. The lowest BCUT2D eigenvalue weighted by Crippen LogP contribution is -2.15. The summed E-state index contributed by atoms with van der Waals surface area (Å²) in [6, 6.07) is 5.28. The molecule has 0 saturated heterocycles. The Bertz CT molecular complexity index is 834. The molecule has 2 aromatic rings. The number of anilines is 1. The Balaban J connectivity index is 2.39. The molecular formula is C12H10Cl2N2O4S2. The van der Waals surface area contributed by atoms with Crippen LogP contribution in [0, 0.1) is 0 Å². The van der Waals surface area contributed by atoms with Crippen molar-refractivity contribution in [2.75, 3.05) is 12.4 Å². The van der Waals surface area contributed by atoms with Crippen molar-refractivity contribution in [1.29, 1.82) is 0 Å². The van der Waals surface area contributed by atoms with Crippen LogP contribution in [-0.2, 0) is 10.0 Å². The highest BCUT2D eigenvalue weighted by Crippen LogP contribution is 2.33. The summed E-state index contributed by atoms with van der Waals surface area (Å²) in [6.45, 7) is 0. The molecule has 1 amide bonds. The van der Waals surface area contributed by atoms with Crippen molar-refractivity contribution in [3.05, 3.63) is 38.5 Å². The molecule has 118 valence electrons. The summed E-state index contributed by atoms with van der Waals surface area (Å²) >= 11 is 12.7. The van der Waals surface area contributed by atoms with E-state index in [0.717, 1.165) is 11.3 Å². The molecule has 0 spiro atoms. The summed E-state index contributed by atoms with van der Waals surface area (Å²) in [5, 5.41) is 7.59. The van der Waals surface area contributed by atoms with Gasteiger partial charge in [-0.2, -0.15) is 0 Å². The molecule has 0 bridgehead atoms. The number of hydrogen-bond acceptors (Lipinski definition) is 5. The molecule has 0 unspecified atom stereocenters. The number of carbonyl (C=O) groups is 1. The third-order valence-electron chi connectivity index (χ3n) is 2.65. The van der Waals surface area contributed by atoms with Crippen LogP contribution in [0.25, 0.3) is 0 Å². The van der Waals surface area contributed by atoms with Gasteiger partial charge in [0, 0.05) is 0 Å². The van der Waals surface area contributed by atoms with Gasteiger partial charge in [0.1, 0.15) is 10.1 Å². The second-order valence-electron chi connectivity index (χ2n) is 4.10. The van der Waals surface area contributed by atoms with Crippen molar-refractivity contribution < 1.29 is 17.9 Å². The van der Waals surface area contributed by atoms with Crippen LogP contribution in [0.4, 0.5) is 5.69 Å². The highest BCUT2D eigenvalue weighted by molar-refractivity contribution is 7.89. The van der Waals surface area contributed by atoms with Crippen molar-refractivity contribution in [1.82, 2.24) is 0 Å². The predicted octanol–water partition coefficient (Wildman–Crippen LogP) is 2.96. The molecule has 1 heterocycles. The smallest absolute Gasteiger partial charge is 0.258 e. The van der Waals surface area contributed by atoms with E-state index < -0.39 is 15.9 Å². The highest BCUT2D eigenvalue weighted by Gasteiger charge is 2.18. The van der Waals surface area contributed by atoms with Crippen LogP contribution in [0.5, 0.6) is 5.75 Å². The average Bonchev–Trinajstić information content (AvgIpc) is 2.76. The SMILES string of the molecule is COc1ccc(S(N)(=O)=O)cc1NC(=O)c1cc(Cl)sc1Cl. The second kappa shape index (κ2) is 6.43. The summed E-state index contributed by atoms with van der Waals surface area (Å²) in [6.07, 6.45) is 0. The molecule has 3 N–H and O–H groups in total. The Labute approximate surface area is 140 Å². The van der Waals surface area contributed by atoms with E-state index in [1.165, 1.54) is 31.4 Å². The molecule has 0 fully saturated rings. The van der Waals surface area contributed by atoms with E-state index >= 15 is 0 Å². The van der Waals surface area contributed by atoms with Gasteiger partial charge in [-0.3, -0.25) is 4.79 Å². The number of ether oxygens (including phenoxy) is 1. The Morgan fingerprint density at radius 2 is 2.00 bits per heavy atom. The van der Waals surface area contributed by atoms with Gasteiger partial charge < -0.3 is 10.1 Å². The molecule has 1 aromatic heterocycles. The van der Waals surface area contributed by atoms with Crippen molar-refractivity contribution in [3.8, 4) is 5.75 Å². The molecule has 0 aliphatic rings. The zero-order valence-electron chi connectivity index (χ0n) is 11.1. The van der Waals surface area contributed by atoms with E-state index in [1.807, 2.05) is 0 Å². The number of hydrogen-bond donors (Lipinski definition) is 2. The molecule has 6 nitrogen and oxygen atoms in total. The largest absolute Gasteiger partial charge is 0.495 e. The molecule has 1 aromatic carbocycles. The minimum absolute atomic E-state index is 0.150. The summed E-state index contributed by atoms with van der Waals surface area (Å²) in [7, 11) is -2.52. The number of halogens is 2. The van der Waals surface area contributed by atoms with E-state index in [4.69, 9.17) is 33.1 Å². The minimum atomic E-state index is -3.91. The number of sulfonamides is 1. The standard InChI is InChI=1S/C12H10Cl2N2O4S2/c1-20-9-3-2-6(22(15,18)19)4-8(9)16-12(17)7-5-10(13)21-11(7)14/h2-5H,1H3,(H,16,17)(H2,15,18,19). The predicted molar refractivity (Wildman–Crippen MR) is 86.7 cm³/mol. The summed E-state index contributed by atoms with van der Waals surface area (Å²) in [4.78, 5) is 12.0. The number of methoxy groups -OCH3 is 1. The zero-order chi connectivity index (χ0) is 16.5. The first kappa shape index (κ1) is 17.0. The van der Waals surface area contributed by atoms with Crippen LogP contribution in [0.15, 0.2) is 29.2 Å². The van der Waals surface area contributed by atoms with Crippen molar-refractivity contribution in [2.45, 2.75) is 4.90 Å². The van der Waals surface area contributed by atoms with Crippen molar-refractivity contribution in [3.63, 3.8) is 0 Å². The normalized spacial score (nSPS) is 11.3. The number of thiophene rings is 1. The monoisotopic (exact) mass is 380 g/mol. The number of benzene rings is 1. The molecule has 10 heteroatoms. The van der Waals surface area contributed by atoms with Gasteiger partial charge in [0.05, 0.1) is 27.6 Å². The quantitative estimate of drug-likeness (QED) is 0.851. The molecule has 0 aliphatic heterocycles. The maximum absolute atomic E-state index is 12.2. The number of nitrogens with two attached hydrogens (primary N) is 1. The molecule has 0 atom stereocenters. The highest BCUT2D eigenvalue weighted by atomic mass is 35.5.